The lowest BCUT2D eigenvalue weighted by atomic mass is 10.1. The van der Waals surface area contributed by atoms with Crippen molar-refractivity contribution in [3.63, 3.8) is 0 Å². The number of hydrogen-bond donors (Lipinski definition) is 0. The van der Waals surface area contributed by atoms with E-state index in [4.69, 9.17) is 21.1 Å². The van der Waals surface area contributed by atoms with E-state index in [0.29, 0.717) is 6.42 Å². The normalized spacial score (nSPS) is 13.0. The molecule has 5 heteroatoms. The largest absolute Gasteiger partial charge is 0.491 e. The Bertz CT molecular complexity index is 355. The van der Waals surface area contributed by atoms with E-state index in [1.54, 1.807) is 0 Å². The summed E-state index contributed by atoms with van der Waals surface area (Å²) < 4.78 is 34.0. The smallest absolute Gasteiger partial charge is 0.261 e. The van der Waals surface area contributed by atoms with Crippen LogP contribution >= 0.6 is 11.6 Å². The Morgan fingerprint density at radius 1 is 1.16 bits per heavy atom. The van der Waals surface area contributed by atoms with Crippen LogP contribution in [0.4, 0.5) is 8.78 Å². The van der Waals surface area contributed by atoms with Crippen molar-refractivity contribution in [2.45, 2.75) is 38.2 Å². The van der Waals surface area contributed by atoms with Gasteiger partial charge < -0.3 is 9.47 Å². The quantitative estimate of drug-likeness (QED) is 0.521. The Morgan fingerprint density at radius 3 is 2.32 bits per heavy atom. The molecular weight excluding hydrogens is 274 g/mol. The summed E-state index contributed by atoms with van der Waals surface area (Å²) >= 11 is 6.17. The van der Waals surface area contributed by atoms with Crippen LogP contribution in [-0.2, 0) is 4.74 Å². The minimum absolute atomic E-state index is 0.125. The number of halogens is 3. The van der Waals surface area contributed by atoms with Crippen LogP contribution in [0.25, 0.3) is 0 Å². The highest BCUT2D eigenvalue weighted by Gasteiger charge is 2.09. The molecule has 0 aliphatic rings. The highest BCUT2D eigenvalue weighted by Crippen LogP contribution is 2.26. The first kappa shape index (κ1) is 16.2. The van der Waals surface area contributed by atoms with Gasteiger partial charge in [0.1, 0.15) is 12.4 Å². The van der Waals surface area contributed by atoms with Crippen LogP contribution in [0.5, 0.6) is 5.75 Å². The fourth-order valence-corrected chi connectivity index (χ4v) is 1.79. The van der Waals surface area contributed by atoms with Crippen LogP contribution in [0.2, 0.25) is 0 Å². The Hall–Kier alpha value is -0.870. The average molecular weight is 293 g/mol. The molecule has 0 saturated heterocycles. The van der Waals surface area contributed by atoms with E-state index in [1.165, 1.54) is 0 Å². The van der Waals surface area contributed by atoms with Crippen LogP contribution in [0, 0.1) is 0 Å². The van der Waals surface area contributed by atoms with Gasteiger partial charge in [0.05, 0.1) is 11.5 Å². The molecule has 1 aromatic rings. The molecule has 1 rings (SSSR count). The summed E-state index contributed by atoms with van der Waals surface area (Å²) in [6.45, 7) is 3.60. The molecule has 108 valence electrons. The van der Waals surface area contributed by atoms with Crippen molar-refractivity contribution in [3.8, 4) is 5.75 Å². The molecule has 0 aliphatic heterocycles. The van der Waals surface area contributed by atoms with Crippen LogP contribution in [-0.4, -0.2) is 25.7 Å². The Kier molecular flexibility index (Phi) is 7.10. The SMILES string of the molecule is CC(C)Oc1ccc(C(Cl)CCOCC(F)F)cc1. The Balaban J connectivity index is 2.37. The zero-order valence-electron chi connectivity index (χ0n) is 11.1. The summed E-state index contributed by atoms with van der Waals surface area (Å²) in [6, 6.07) is 7.46. The highest BCUT2D eigenvalue weighted by molar-refractivity contribution is 6.20. The first-order valence-electron chi connectivity index (χ1n) is 6.25. The monoisotopic (exact) mass is 292 g/mol. The van der Waals surface area contributed by atoms with E-state index in [1.807, 2.05) is 38.1 Å². The molecule has 0 aliphatic carbocycles. The van der Waals surface area contributed by atoms with Crippen molar-refractivity contribution >= 4 is 11.6 Å². The number of rotatable bonds is 8. The van der Waals surface area contributed by atoms with Gasteiger partial charge in [0.15, 0.2) is 0 Å². The van der Waals surface area contributed by atoms with Crippen LogP contribution in [0.3, 0.4) is 0 Å². The number of ether oxygens (including phenoxy) is 2. The van der Waals surface area contributed by atoms with Crippen molar-refractivity contribution in [2.24, 2.45) is 0 Å². The molecule has 0 fully saturated rings. The van der Waals surface area contributed by atoms with Crippen molar-refractivity contribution in [3.05, 3.63) is 29.8 Å². The average Bonchev–Trinajstić information content (AvgIpc) is 2.34. The molecule has 0 saturated carbocycles. The van der Waals surface area contributed by atoms with E-state index < -0.39 is 13.0 Å². The summed E-state index contributed by atoms with van der Waals surface area (Å²) in [5, 5.41) is -0.245. The van der Waals surface area contributed by atoms with E-state index in [9.17, 15) is 8.78 Å². The second kappa shape index (κ2) is 8.33. The van der Waals surface area contributed by atoms with Gasteiger partial charge in [-0.05, 0) is 38.0 Å². The van der Waals surface area contributed by atoms with Crippen molar-refractivity contribution in [1.29, 1.82) is 0 Å². The minimum Gasteiger partial charge on any atom is -0.491 e. The predicted octanol–water partition coefficient (Wildman–Crippen LogP) is 4.43. The maximum atomic E-state index is 11.9. The van der Waals surface area contributed by atoms with Crippen molar-refractivity contribution < 1.29 is 18.3 Å². The van der Waals surface area contributed by atoms with E-state index >= 15 is 0 Å². The van der Waals surface area contributed by atoms with Crippen LogP contribution in [0.15, 0.2) is 24.3 Å². The number of hydrogen-bond acceptors (Lipinski definition) is 2. The lowest BCUT2D eigenvalue weighted by Gasteiger charge is -2.13. The molecule has 0 bridgehead atoms. The second-order valence-corrected chi connectivity index (χ2v) is 4.98. The predicted molar refractivity (Wildman–Crippen MR) is 72.2 cm³/mol. The van der Waals surface area contributed by atoms with Crippen molar-refractivity contribution in [2.75, 3.05) is 13.2 Å². The maximum Gasteiger partial charge on any atom is 0.261 e. The summed E-state index contributed by atoms with van der Waals surface area (Å²) in [6.07, 6.45) is -1.81. The molecular formula is C14H19ClF2O2. The molecule has 1 atom stereocenters. The van der Waals surface area contributed by atoms with Gasteiger partial charge in [0, 0.05) is 6.61 Å². The lowest BCUT2D eigenvalue weighted by Crippen LogP contribution is -2.07. The van der Waals surface area contributed by atoms with Crippen molar-refractivity contribution in [1.82, 2.24) is 0 Å². The molecule has 19 heavy (non-hydrogen) atoms. The first-order valence-corrected chi connectivity index (χ1v) is 6.69. The lowest BCUT2D eigenvalue weighted by molar-refractivity contribution is 0.0165. The third-order valence-corrected chi connectivity index (χ3v) is 2.84. The zero-order chi connectivity index (χ0) is 14.3. The molecule has 0 radical (unpaired) electrons. The van der Waals surface area contributed by atoms with Gasteiger partial charge in [-0.25, -0.2) is 8.78 Å². The van der Waals surface area contributed by atoms with Crippen LogP contribution in [0.1, 0.15) is 31.2 Å². The van der Waals surface area contributed by atoms with E-state index in [2.05, 4.69) is 0 Å². The van der Waals surface area contributed by atoms with Gasteiger partial charge in [0.2, 0.25) is 0 Å². The number of alkyl halides is 3. The van der Waals surface area contributed by atoms with Gasteiger partial charge in [-0.1, -0.05) is 12.1 Å². The molecule has 2 nitrogen and oxygen atoms in total. The molecule has 1 unspecified atom stereocenters. The van der Waals surface area contributed by atoms with E-state index in [-0.39, 0.29) is 18.1 Å². The third-order valence-electron chi connectivity index (χ3n) is 2.37. The fraction of sp³-hybridized carbons (Fsp3) is 0.571. The van der Waals surface area contributed by atoms with Gasteiger partial charge >= 0.3 is 0 Å². The first-order chi connectivity index (χ1) is 8.99. The second-order valence-electron chi connectivity index (χ2n) is 4.46. The van der Waals surface area contributed by atoms with Gasteiger partial charge in [-0.3, -0.25) is 0 Å². The molecule has 0 heterocycles. The molecule has 0 amide bonds. The molecule has 0 N–H and O–H groups in total. The highest BCUT2D eigenvalue weighted by atomic mass is 35.5. The molecule has 0 spiro atoms. The summed E-state index contributed by atoms with van der Waals surface area (Å²) in [5.41, 5.74) is 0.929. The summed E-state index contributed by atoms with van der Waals surface area (Å²) in [5.74, 6) is 0.788. The summed E-state index contributed by atoms with van der Waals surface area (Å²) in [7, 11) is 0. The minimum atomic E-state index is -2.43. The maximum absolute atomic E-state index is 11.9. The molecule has 0 aromatic heterocycles. The zero-order valence-corrected chi connectivity index (χ0v) is 11.9. The number of benzene rings is 1. The van der Waals surface area contributed by atoms with Gasteiger partial charge in [-0.15, -0.1) is 11.6 Å². The van der Waals surface area contributed by atoms with Gasteiger partial charge in [-0.2, -0.15) is 0 Å². The fourth-order valence-electron chi connectivity index (χ4n) is 1.55. The summed E-state index contributed by atoms with van der Waals surface area (Å²) in [4.78, 5) is 0. The standard InChI is InChI=1S/C14H19ClF2O2/c1-10(2)19-12-5-3-11(4-6-12)13(15)7-8-18-9-14(16)17/h3-6,10,13-14H,7-9H2,1-2H3. The Labute approximate surface area is 117 Å². The van der Waals surface area contributed by atoms with Crippen LogP contribution < -0.4 is 4.74 Å². The third kappa shape index (κ3) is 6.73. The Morgan fingerprint density at radius 2 is 1.79 bits per heavy atom. The van der Waals surface area contributed by atoms with E-state index in [0.717, 1.165) is 11.3 Å². The molecule has 1 aromatic carbocycles. The van der Waals surface area contributed by atoms with Gasteiger partial charge in [0.25, 0.3) is 6.43 Å². The topological polar surface area (TPSA) is 18.5 Å².